The molecular weight excluding hydrogens is 216 g/mol. The number of nitrogens with one attached hydrogen (secondary N) is 1. The van der Waals surface area contributed by atoms with Crippen molar-refractivity contribution in [2.75, 3.05) is 20.2 Å². The van der Waals surface area contributed by atoms with Crippen LogP contribution in [0.1, 0.15) is 40.0 Å². The van der Waals surface area contributed by atoms with Crippen molar-refractivity contribution in [3.05, 3.63) is 0 Å². The molecule has 4 heteroatoms. The number of esters is 1. The van der Waals surface area contributed by atoms with Crippen LogP contribution >= 0.6 is 0 Å². The van der Waals surface area contributed by atoms with Gasteiger partial charge in [-0.1, -0.05) is 0 Å². The molecule has 0 bridgehead atoms. The Balaban J connectivity index is 2.38. The Morgan fingerprint density at radius 1 is 1.29 bits per heavy atom. The molecule has 1 aliphatic heterocycles. The minimum atomic E-state index is -0.199. The molecule has 0 spiro atoms. The number of methoxy groups -OCH3 is 1. The molecule has 0 aliphatic carbocycles. The number of carbonyl (C=O) groups excluding carboxylic acids is 1. The summed E-state index contributed by atoms with van der Waals surface area (Å²) in [5.41, 5.74) is 0. The summed E-state index contributed by atoms with van der Waals surface area (Å²) >= 11 is 0. The van der Waals surface area contributed by atoms with Crippen molar-refractivity contribution in [1.29, 1.82) is 0 Å². The highest BCUT2D eigenvalue weighted by Crippen LogP contribution is 2.13. The van der Waals surface area contributed by atoms with Gasteiger partial charge in [-0.3, -0.25) is 4.79 Å². The highest BCUT2D eigenvalue weighted by atomic mass is 16.5. The monoisotopic (exact) mass is 242 g/mol. The molecule has 0 aromatic heterocycles. The van der Waals surface area contributed by atoms with Gasteiger partial charge in [0.05, 0.1) is 7.11 Å². The van der Waals surface area contributed by atoms with Crippen molar-refractivity contribution in [3.63, 3.8) is 0 Å². The normalized spacial score (nSPS) is 24.4. The minimum absolute atomic E-state index is 0.171. The molecule has 1 unspecified atom stereocenters. The molecule has 1 rings (SSSR count). The Bertz CT molecular complexity index is 244. The van der Waals surface area contributed by atoms with Gasteiger partial charge in [0.15, 0.2) is 0 Å². The third-order valence-corrected chi connectivity index (χ3v) is 3.53. The van der Waals surface area contributed by atoms with Crippen LogP contribution in [-0.2, 0) is 9.53 Å². The quantitative estimate of drug-likeness (QED) is 0.757. The van der Waals surface area contributed by atoms with Crippen LogP contribution in [0.4, 0.5) is 0 Å². The van der Waals surface area contributed by atoms with Crippen LogP contribution in [0.15, 0.2) is 0 Å². The fourth-order valence-electron chi connectivity index (χ4n) is 2.40. The highest BCUT2D eigenvalue weighted by Gasteiger charge is 2.22. The molecule has 17 heavy (non-hydrogen) atoms. The number of hydrogen-bond acceptors (Lipinski definition) is 4. The highest BCUT2D eigenvalue weighted by molar-refractivity contribution is 5.75. The fourth-order valence-corrected chi connectivity index (χ4v) is 2.40. The molecule has 0 saturated carbocycles. The van der Waals surface area contributed by atoms with Crippen molar-refractivity contribution in [2.45, 2.75) is 58.2 Å². The lowest BCUT2D eigenvalue weighted by Gasteiger charge is -2.24. The maximum Gasteiger partial charge on any atom is 0.322 e. The third kappa shape index (κ3) is 4.64. The van der Waals surface area contributed by atoms with Crippen molar-refractivity contribution in [2.24, 2.45) is 0 Å². The van der Waals surface area contributed by atoms with Crippen molar-refractivity contribution in [1.82, 2.24) is 10.2 Å². The molecule has 1 aliphatic rings. The summed E-state index contributed by atoms with van der Waals surface area (Å²) in [6, 6.07) is 0.857. The fraction of sp³-hybridized carbons (Fsp3) is 0.923. The number of carbonyl (C=O) groups is 1. The predicted octanol–water partition coefficient (Wildman–Crippen LogP) is 1.40. The Kier molecular flexibility index (Phi) is 5.92. The van der Waals surface area contributed by atoms with Crippen LogP contribution in [0.5, 0.6) is 0 Å². The number of hydrogen-bond donors (Lipinski definition) is 1. The van der Waals surface area contributed by atoms with E-state index in [0.29, 0.717) is 12.1 Å². The zero-order chi connectivity index (χ0) is 12.8. The van der Waals surface area contributed by atoms with E-state index in [1.807, 2.05) is 6.92 Å². The first-order valence-corrected chi connectivity index (χ1v) is 6.62. The van der Waals surface area contributed by atoms with E-state index >= 15 is 0 Å². The first-order valence-electron chi connectivity index (χ1n) is 6.62. The summed E-state index contributed by atoms with van der Waals surface area (Å²) < 4.78 is 4.73. The molecule has 0 aromatic rings. The Hall–Kier alpha value is -0.610. The summed E-state index contributed by atoms with van der Waals surface area (Å²) in [5.74, 6) is -0.171. The second-order valence-electron chi connectivity index (χ2n) is 5.17. The Morgan fingerprint density at radius 3 is 2.59 bits per heavy atom. The number of ether oxygens (including phenoxy) is 1. The van der Waals surface area contributed by atoms with Gasteiger partial charge in [-0.2, -0.15) is 0 Å². The second kappa shape index (κ2) is 6.97. The van der Waals surface area contributed by atoms with E-state index in [0.717, 1.165) is 19.4 Å². The topological polar surface area (TPSA) is 41.6 Å². The van der Waals surface area contributed by atoms with Gasteiger partial charge in [0, 0.05) is 12.1 Å². The van der Waals surface area contributed by atoms with Gasteiger partial charge < -0.3 is 15.0 Å². The molecule has 1 heterocycles. The first-order chi connectivity index (χ1) is 8.04. The Morgan fingerprint density at radius 2 is 2.00 bits per heavy atom. The van der Waals surface area contributed by atoms with E-state index < -0.39 is 0 Å². The molecular formula is C13H26N2O2. The molecule has 1 fully saturated rings. The molecule has 2 atom stereocenters. The van der Waals surface area contributed by atoms with Crippen LogP contribution in [0, 0.1) is 0 Å². The summed E-state index contributed by atoms with van der Waals surface area (Å²) in [4.78, 5) is 13.9. The minimum Gasteiger partial charge on any atom is -0.468 e. The van der Waals surface area contributed by atoms with E-state index in [2.05, 4.69) is 24.1 Å². The number of likely N-dealkylation sites (tertiary alicyclic amines) is 1. The van der Waals surface area contributed by atoms with Gasteiger partial charge in [-0.25, -0.2) is 0 Å². The first kappa shape index (κ1) is 14.5. The SMILES string of the molecule is COC(=O)[C@H](C)NC1CCCN(C(C)C)CC1. The van der Waals surface area contributed by atoms with Crippen LogP contribution in [0.2, 0.25) is 0 Å². The van der Waals surface area contributed by atoms with Crippen LogP contribution in [-0.4, -0.2) is 49.2 Å². The van der Waals surface area contributed by atoms with Crippen molar-refractivity contribution >= 4 is 5.97 Å². The van der Waals surface area contributed by atoms with Gasteiger partial charge in [0.2, 0.25) is 0 Å². The molecule has 100 valence electrons. The summed E-state index contributed by atoms with van der Waals surface area (Å²) in [6.45, 7) is 8.64. The van der Waals surface area contributed by atoms with E-state index in [1.165, 1.54) is 20.1 Å². The van der Waals surface area contributed by atoms with E-state index in [4.69, 9.17) is 4.74 Å². The molecule has 0 radical (unpaired) electrons. The largest absolute Gasteiger partial charge is 0.468 e. The zero-order valence-corrected chi connectivity index (χ0v) is 11.5. The van der Waals surface area contributed by atoms with Gasteiger partial charge in [-0.15, -0.1) is 0 Å². The number of rotatable bonds is 4. The molecule has 4 nitrogen and oxygen atoms in total. The van der Waals surface area contributed by atoms with E-state index in [-0.39, 0.29) is 12.0 Å². The maximum absolute atomic E-state index is 11.3. The van der Waals surface area contributed by atoms with Gasteiger partial charge in [0.25, 0.3) is 0 Å². The maximum atomic E-state index is 11.3. The van der Waals surface area contributed by atoms with Crippen LogP contribution in [0.3, 0.4) is 0 Å². The van der Waals surface area contributed by atoms with Gasteiger partial charge in [0.1, 0.15) is 6.04 Å². The molecule has 1 N–H and O–H groups in total. The standard InChI is InChI=1S/C13H26N2O2/c1-10(2)15-8-5-6-12(7-9-15)14-11(3)13(16)17-4/h10-12,14H,5-9H2,1-4H3/t11-,12?/m0/s1. The molecule has 0 amide bonds. The predicted molar refractivity (Wildman–Crippen MR) is 69.0 cm³/mol. The average molecular weight is 242 g/mol. The van der Waals surface area contributed by atoms with Gasteiger partial charge >= 0.3 is 5.97 Å². The zero-order valence-electron chi connectivity index (χ0n) is 11.5. The summed E-state index contributed by atoms with van der Waals surface area (Å²) in [5, 5.41) is 3.37. The van der Waals surface area contributed by atoms with Gasteiger partial charge in [-0.05, 0) is 53.1 Å². The summed E-state index contributed by atoms with van der Waals surface area (Å²) in [6.07, 6.45) is 3.45. The van der Waals surface area contributed by atoms with Crippen LogP contribution < -0.4 is 5.32 Å². The van der Waals surface area contributed by atoms with E-state index in [9.17, 15) is 4.79 Å². The van der Waals surface area contributed by atoms with Crippen LogP contribution in [0.25, 0.3) is 0 Å². The molecule has 1 saturated heterocycles. The summed E-state index contributed by atoms with van der Waals surface area (Å²) in [7, 11) is 1.44. The molecule has 0 aromatic carbocycles. The van der Waals surface area contributed by atoms with Crippen molar-refractivity contribution in [3.8, 4) is 0 Å². The lowest BCUT2D eigenvalue weighted by Crippen LogP contribution is -2.42. The third-order valence-electron chi connectivity index (χ3n) is 3.53. The lowest BCUT2D eigenvalue weighted by atomic mass is 10.1. The number of nitrogens with zero attached hydrogens (tertiary/aromatic N) is 1. The second-order valence-corrected chi connectivity index (χ2v) is 5.17. The smallest absolute Gasteiger partial charge is 0.322 e. The lowest BCUT2D eigenvalue weighted by molar-refractivity contribution is -0.142. The van der Waals surface area contributed by atoms with Crippen molar-refractivity contribution < 1.29 is 9.53 Å². The van der Waals surface area contributed by atoms with E-state index in [1.54, 1.807) is 0 Å². The Labute approximate surface area is 105 Å². The average Bonchev–Trinajstić information content (AvgIpc) is 2.53.